The molecule has 0 aromatic carbocycles. The molecule has 3 atom stereocenters. The van der Waals surface area contributed by atoms with Crippen molar-refractivity contribution in [2.24, 2.45) is 11.8 Å². The quantitative estimate of drug-likeness (QED) is 0.855. The Morgan fingerprint density at radius 3 is 2.74 bits per heavy atom. The van der Waals surface area contributed by atoms with Gasteiger partial charge in [0.15, 0.2) is 0 Å². The van der Waals surface area contributed by atoms with Gasteiger partial charge < -0.3 is 5.32 Å². The molecule has 0 amide bonds. The van der Waals surface area contributed by atoms with Gasteiger partial charge in [-0.2, -0.15) is 5.10 Å². The fourth-order valence-corrected chi connectivity index (χ4v) is 3.59. The molecule has 1 N–H and O–H groups in total. The van der Waals surface area contributed by atoms with E-state index in [2.05, 4.69) is 49.0 Å². The van der Waals surface area contributed by atoms with Gasteiger partial charge in [0, 0.05) is 24.7 Å². The molecule has 3 heteroatoms. The minimum Gasteiger partial charge on any atom is -0.316 e. The number of rotatable bonds is 6. The second-order valence-corrected chi connectivity index (χ2v) is 5.97. The van der Waals surface area contributed by atoms with Crippen LogP contribution in [-0.4, -0.2) is 22.9 Å². The van der Waals surface area contributed by atoms with Crippen LogP contribution in [0.4, 0.5) is 0 Å². The topological polar surface area (TPSA) is 29.9 Å². The number of aromatic nitrogens is 2. The zero-order chi connectivity index (χ0) is 13.8. The fourth-order valence-electron chi connectivity index (χ4n) is 3.59. The van der Waals surface area contributed by atoms with Gasteiger partial charge in [0.1, 0.15) is 0 Å². The highest BCUT2D eigenvalue weighted by Crippen LogP contribution is 2.34. The Balaban J connectivity index is 2.11. The van der Waals surface area contributed by atoms with E-state index >= 15 is 0 Å². The summed E-state index contributed by atoms with van der Waals surface area (Å²) >= 11 is 0. The Hall–Kier alpha value is -0.830. The summed E-state index contributed by atoms with van der Waals surface area (Å²) in [6, 6.07) is 2.90. The lowest BCUT2D eigenvalue weighted by Gasteiger charge is -2.26. The Bertz CT molecular complexity index is 397. The monoisotopic (exact) mass is 263 g/mol. The zero-order valence-electron chi connectivity index (χ0n) is 12.9. The zero-order valence-corrected chi connectivity index (χ0v) is 12.9. The highest BCUT2D eigenvalue weighted by Gasteiger charge is 2.30. The fraction of sp³-hybridized carbons (Fsp3) is 0.812. The van der Waals surface area contributed by atoms with Crippen molar-refractivity contribution in [1.82, 2.24) is 15.1 Å². The van der Waals surface area contributed by atoms with E-state index in [1.165, 1.54) is 30.7 Å². The largest absolute Gasteiger partial charge is 0.316 e. The van der Waals surface area contributed by atoms with Crippen molar-refractivity contribution >= 4 is 0 Å². The maximum atomic E-state index is 4.67. The first-order valence-electron chi connectivity index (χ1n) is 7.92. The van der Waals surface area contributed by atoms with E-state index in [4.69, 9.17) is 0 Å². The first-order chi connectivity index (χ1) is 9.19. The molecule has 0 saturated heterocycles. The van der Waals surface area contributed by atoms with E-state index in [1.54, 1.807) is 0 Å². The van der Waals surface area contributed by atoms with Gasteiger partial charge in [0.2, 0.25) is 0 Å². The molecule has 1 aromatic rings. The van der Waals surface area contributed by atoms with Crippen molar-refractivity contribution < 1.29 is 0 Å². The minimum absolute atomic E-state index is 0.601. The molecule has 1 aliphatic carbocycles. The van der Waals surface area contributed by atoms with Crippen LogP contribution >= 0.6 is 0 Å². The maximum absolute atomic E-state index is 4.67. The first kappa shape index (κ1) is 14.6. The van der Waals surface area contributed by atoms with Crippen molar-refractivity contribution in [3.05, 3.63) is 17.5 Å². The van der Waals surface area contributed by atoms with Crippen molar-refractivity contribution in [3.63, 3.8) is 0 Å². The predicted octanol–water partition coefficient (Wildman–Crippen LogP) is 3.03. The van der Waals surface area contributed by atoms with E-state index in [0.717, 1.165) is 31.2 Å². The van der Waals surface area contributed by atoms with Crippen molar-refractivity contribution in [3.8, 4) is 0 Å². The molecular formula is C16H29N3. The summed E-state index contributed by atoms with van der Waals surface area (Å²) < 4.78 is 2.18. The van der Waals surface area contributed by atoms with Crippen molar-refractivity contribution in [2.75, 3.05) is 7.05 Å². The Labute approximate surface area is 117 Å². The van der Waals surface area contributed by atoms with Gasteiger partial charge in [0.05, 0.1) is 5.69 Å². The molecule has 0 aliphatic heterocycles. The average molecular weight is 263 g/mol. The second-order valence-electron chi connectivity index (χ2n) is 5.97. The van der Waals surface area contributed by atoms with Gasteiger partial charge in [-0.05, 0) is 44.7 Å². The van der Waals surface area contributed by atoms with Crippen LogP contribution in [0, 0.1) is 11.8 Å². The molecule has 108 valence electrons. The van der Waals surface area contributed by atoms with Gasteiger partial charge in [0.25, 0.3) is 0 Å². The molecule has 0 spiro atoms. The molecule has 2 rings (SSSR count). The Kier molecular flexibility index (Phi) is 5.03. The lowest BCUT2D eigenvalue weighted by Crippen LogP contribution is -2.37. The van der Waals surface area contributed by atoms with Crippen LogP contribution < -0.4 is 5.32 Å². The van der Waals surface area contributed by atoms with Gasteiger partial charge in [-0.1, -0.05) is 26.7 Å². The predicted molar refractivity (Wildman–Crippen MR) is 80.3 cm³/mol. The smallest absolute Gasteiger partial charge is 0.0624 e. The van der Waals surface area contributed by atoms with Crippen molar-refractivity contribution in [2.45, 2.75) is 65.5 Å². The summed E-state index contributed by atoms with van der Waals surface area (Å²) in [5.41, 5.74) is 2.63. The molecule has 3 unspecified atom stereocenters. The lowest BCUT2D eigenvalue weighted by molar-refractivity contribution is 0.304. The van der Waals surface area contributed by atoms with Crippen LogP contribution in [0.3, 0.4) is 0 Å². The highest BCUT2D eigenvalue weighted by atomic mass is 15.3. The van der Waals surface area contributed by atoms with Crippen LogP contribution in [0.2, 0.25) is 0 Å². The number of nitrogens with one attached hydrogen (secondary N) is 1. The summed E-state index contributed by atoms with van der Waals surface area (Å²) in [6.45, 7) is 7.76. The minimum atomic E-state index is 0.601. The van der Waals surface area contributed by atoms with E-state index in [1.807, 2.05) is 0 Å². The molecule has 1 aliphatic rings. The lowest BCUT2D eigenvalue weighted by atomic mass is 9.87. The summed E-state index contributed by atoms with van der Waals surface area (Å²) in [6.07, 6.45) is 6.33. The molecule has 1 heterocycles. The van der Waals surface area contributed by atoms with Crippen LogP contribution in [0.25, 0.3) is 0 Å². The van der Waals surface area contributed by atoms with Crippen molar-refractivity contribution in [1.29, 1.82) is 0 Å². The van der Waals surface area contributed by atoms with E-state index in [-0.39, 0.29) is 0 Å². The molecule has 3 nitrogen and oxygen atoms in total. The van der Waals surface area contributed by atoms with Gasteiger partial charge >= 0.3 is 0 Å². The number of hydrogen-bond donors (Lipinski definition) is 1. The second kappa shape index (κ2) is 6.56. The number of aryl methyl sites for hydroxylation is 2. The number of hydrogen-bond acceptors (Lipinski definition) is 2. The molecule has 1 aromatic heterocycles. The first-order valence-corrected chi connectivity index (χ1v) is 7.92. The van der Waals surface area contributed by atoms with Crippen LogP contribution in [0.15, 0.2) is 6.07 Å². The molecular weight excluding hydrogens is 234 g/mol. The van der Waals surface area contributed by atoms with E-state index in [0.29, 0.717) is 6.04 Å². The number of nitrogens with zero attached hydrogens (tertiary/aromatic N) is 2. The van der Waals surface area contributed by atoms with Crippen LogP contribution in [0.5, 0.6) is 0 Å². The average Bonchev–Trinajstić information content (AvgIpc) is 3.01. The normalized spacial score (nSPS) is 24.8. The SMILES string of the molecule is CCc1cc(CC(NC)C2CCCC2C)n(CC)n1. The third-order valence-electron chi connectivity index (χ3n) is 4.82. The number of likely N-dealkylation sites (N-methyl/N-ethyl adjacent to an activating group) is 1. The molecule has 1 saturated carbocycles. The van der Waals surface area contributed by atoms with Gasteiger partial charge in [-0.15, -0.1) is 0 Å². The Morgan fingerprint density at radius 1 is 1.42 bits per heavy atom. The van der Waals surface area contributed by atoms with Crippen LogP contribution in [-0.2, 0) is 19.4 Å². The summed E-state index contributed by atoms with van der Waals surface area (Å²) in [7, 11) is 2.11. The molecule has 0 radical (unpaired) electrons. The summed E-state index contributed by atoms with van der Waals surface area (Å²) in [4.78, 5) is 0. The van der Waals surface area contributed by atoms with Gasteiger partial charge in [-0.25, -0.2) is 0 Å². The van der Waals surface area contributed by atoms with Crippen LogP contribution in [0.1, 0.15) is 51.4 Å². The third kappa shape index (κ3) is 3.19. The third-order valence-corrected chi connectivity index (χ3v) is 4.82. The van der Waals surface area contributed by atoms with E-state index < -0.39 is 0 Å². The molecule has 1 fully saturated rings. The molecule has 19 heavy (non-hydrogen) atoms. The van der Waals surface area contributed by atoms with Gasteiger partial charge in [-0.3, -0.25) is 4.68 Å². The van der Waals surface area contributed by atoms with E-state index in [9.17, 15) is 0 Å². The highest BCUT2D eigenvalue weighted by molar-refractivity contribution is 5.12. The standard InChI is InChI=1S/C16H29N3/c1-5-13-10-14(19(6-2)18-13)11-16(17-4)15-9-7-8-12(15)3/h10,12,15-17H,5-9,11H2,1-4H3. The molecule has 0 bridgehead atoms. The maximum Gasteiger partial charge on any atom is 0.0624 e. The Morgan fingerprint density at radius 2 is 2.21 bits per heavy atom. The summed E-state index contributed by atoms with van der Waals surface area (Å²) in [5.74, 6) is 1.69. The summed E-state index contributed by atoms with van der Waals surface area (Å²) in [5, 5.41) is 8.23.